The first-order chi connectivity index (χ1) is 70.1. The van der Waals surface area contributed by atoms with Crippen LogP contribution >= 0.6 is 108 Å². The standard InChI is InChI=1S/C25H25NO2.C23H22BrNO2.C10H12BrNO3S.C10H12BrNOS.C10H13NOS.C9H8N2OS.C9H11NOS.C8H9NOS.C5H8O.C3H2N2/c1-4-20-22-14-9-15-23(22)25(26-24(20)27-3)28-16-19-12-8-13-21(17(19)2)18-10-6-5-7-11-18;1-15-17(10-6-11-18(15)16-8-4-3-5-9-16)14-27-22-20-13-7-12-19(20)21(24)23(25-22)26-2;1-15-9-8(11)6-4-3-5-7(6)10(12-9)16(2,13)14;1-13-9-8(11)6-4-3-5-7(6)10(12-9)14-2;1-12-9-6-7-4-3-5-8(7)10(11-9)13-2;10-4-7-5-2-1-3-6(5)9(13)11-8(7)12;1-12-9-7-4-2-3-6(7)5-8(11)10-9;10-7-4-5-2-1-3-6(5)8(11)9-7;6-5-3-1-2-4-5;1-5-3-2-4/h4-8,10-13H,1,9,14-16H2,2-3H3;3-6,8-11H,7,12-14H2,1-2H3;3-5H2,1-2H3;3-5H2,1-2H3;6H,3-5H2,1-2H3;1-3H2,(H2,11,12,13);5H,2-4H2,1H3,(H,10,11);4H,1-3H2,(H2,9,10,11);1-4H2;3H2. The Hall–Kier alpha value is -10.9. The highest BCUT2D eigenvalue weighted by molar-refractivity contribution is 9.11. The van der Waals surface area contributed by atoms with Gasteiger partial charge < -0.3 is 53.0 Å². The molecule has 8 heterocycles. The van der Waals surface area contributed by atoms with Gasteiger partial charge in [-0.05, 0) is 370 Å². The summed E-state index contributed by atoms with van der Waals surface area (Å²) in [6, 6.07) is 42.8. The molecule has 0 bridgehead atoms. The number of nitrogens with zero attached hydrogens (tertiary/aromatic N) is 8. The van der Waals surface area contributed by atoms with Gasteiger partial charge in [-0.15, -0.1) is 60.5 Å². The molecule has 8 aromatic heterocycles. The summed E-state index contributed by atoms with van der Waals surface area (Å²) in [6.07, 6.45) is 38.6. The van der Waals surface area contributed by atoms with Crippen molar-refractivity contribution in [2.45, 2.75) is 237 Å². The summed E-state index contributed by atoms with van der Waals surface area (Å²) in [7, 11) is 4.83. The number of nitriles is 2. The first-order valence-electron chi connectivity index (χ1n) is 48.3. The van der Waals surface area contributed by atoms with Gasteiger partial charge >= 0.3 is 0 Å². The van der Waals surface area contributed by atoms with Crippen LogP contribution in [0.25, 0.3) is 33.2 Å². The highest BCUT2D eigenvalue weighted by Gasteiger charge is 2.31. The van der Waals surface area contributed by atoms with E-state index >= 15 is 0 Å². The number of thiol groups is 2. The molecule has 9 aliphatic carbocycles. The van der Waals surface area contributed by atoms with Gasteiger partial charge in [0.25, 0.3) is 12.1 Å². The van der Waals surface area contributed by atoms with E-state index in [1.54, 1.807) is 81.9 Å². The minimum atomic E-state index is -3.29. The summed E-state index contributed by atoms with van der Waals surface area (Å²) in [5.41, 5.74) is 30.1. The first-order valence-corrected chi connectivity index (χ1v) is 57.1. The summed E-state index contributed by atoms with van der Waals surface area (Å²) in [5.74, 6) is 4.86. The number of carbonyl (C=O) groups excluding carboxylic acids is 1. The molecule has 0 aliphatic heterocycles. The summed E-state index contributed by atoms with van der Waals surface area (Å²) in [5, 5.41) is 21.3. The average Bonchev–Trinajstić information content (AvgIpc) is 1.20. The van der Waals surface area contributed by atoms with Crippen LogP contribution < -0.4 is 49.8 Å². The molecule has 0 spiro atoms. The fourth-order valence-electron chi connectivity index (χ4n) is 19.3. The minimum absolute atomic E-state index is 0.0139. The average molecular weight is 2260 g/mol. The number of hydrogen-bond donors (Lipinski definition) is 5. The predicted octanol–water partition coefficient (Wildman–Crippen LogP) is 24.1. The topological polar surface area (TPSA) is 331 Å². The highest BCUT2D eigenvalue weighted by Crippen LogP contribution is 2.45. The highest BCUT2D eigenvalue weighted by atomic mass is 79.9. The van der Waals surface area contributed by atoms with E-state index < -0.39 is 9.84 Å². The molecule has 3 N–H and O–H groups in total. The third-order valence-electron chi connectivity index (χ3n) is 26.4. The number of benzene rings is 4. The fourth-order valence-corrected chi connectivity index (χ4v) is 25.0. The lowest BCUT2D eigenvalue weighted by Crippen LogP contribution is -2.14. The maximum Gasteiger partial charge on any atom is 0.298 e. The van der Waals surface area contributed by atoms with Gasteiger partial charge in [0.1, 0.15) is 46.8 Å². The zero-order valence-electron chi connectivity index (χ0n) is 83.7. The number of aromatic nitrogens is 8. The Morgan fingerprint density at radius 3 is 1.35 bits per heavy atom. The van der Waals surface area contributed by atoms with E-state index in [0.29, 0.717) is 53.4 Å². The van der Waals surface area contributed by atoms with Gasteiger partial charge in [-0.1, -0.05) is 110 Å². The number of halogens is 3. The number of hydrogen-bond acceptors (Lipinski definition) is 25. The lowest BCUT2D eigenvalue weighted by molar-refractivity contribution is -0.117. The number of pyridine rings is 8. The molecule has 21 rings (SSSR count). The summed E-state index contributed by atoms with van der Waals surface area (Å²) in [4.78, 5) is 76.7. The third-order valence-corrected chi connectivity index (χ3v) is 32.9. The normalized spacial score (nSPS) is 13.8. The monoisotopic (exact) mass is 2260 g/mol. The molecule has 24 nitrogen and oxygen atoms in total. The number of ketones is 1. The molecule has 0 unspecified atom stereocenters. The molecule has 33 heteroatoms. The molecule has 0 amide bonds. The second kappa shape index (κ2) is 55.2. The number of carbonyl (C=O) groups is 1. The number of methoxy groups -OCH3 is 5. The van der Waals surface area contributed by atoms with Crippen molar-refractivity contribution in [1.82, 2.24) is 39.9 Å². The van der Waals surface area contributed by atoms with Crippen LogP contribution in [0.15, 0.2) is 180 Å². The molecule has 1 saturated carbocycles. The molecule has 0 atom stereocenters. The van der Waals surface area contributed by atoms with Crippen molar-refractivity contribution in [3.8, 4) is 75.6 Å². The number of ether oxygens (including phenoxy) is 7. The zero-order valence-corrected chi connectivity index (χ0v) is 93.5. The van der Waals surface area contributed by atoms with Crippen LogP contribution in [-0.4, -0.2) is 121 Å². The van der Waals surface area contributed by atoms with Crippen molar-refractivity contribution >= 4 is 130 Å². The van der Waals surface area contributed by atoms with E-state index in [1.165, 1.54) is 157 Å². The molecule has 12 aromatic rings. The summed E-state index contributed by atoms with van der Waals surface area (Å²) >= 11 is 24.0. The number of Topliss-reactive ketones (excluding diaryl/α,β-unsaturated/α-hetero) is 1. The van der Waals surface area contributed by atoms with Gasteiger partial charge in [-0.2, -0.15) is 20.5 Å². The van der Waals surface area contributed by atoms with Crippen LogP contribution in [0, 0.1) is 43.1 Å². The molecule has 0 saturated heterocycles. The van der Waals surface area contributed by atoms with Gasteiger partial charge in [0, 0.05) is 54.0 Å². The molecule has 9 aliphatic rings. The summed E-state index contributed by atoms with van der Waals surface area (Å²) in [6.45, 7) is 15.2. The van der Waals surface area contributed by atoms with Gasteiger partial charge in [-0.25, -0.2) is 29.9 Å². The number of rotatable bonds is 18. The van der Waals surface area contributed by atoms with Crippen LogP contribution in [0.1, 0.15) is 199 Å². The number of aryl methyl sites for hydroxylation is 3. The van der Waals surface area contributed by atoms with Gasteiger partial charge in [0.2, 0.25) is 52.3 Å². The maximum atomic E-state index is 11.6. The quantitative estimate of drug-likeness (QED) is 0.0231. The Bertz CT molecular complexity index is 7110. The van der Waals surface area contributed by atoms with Gasteiger partial charge in [0.15, 0.2) is 14.9 Å². The van der Waals surface area contributed by atoms with E-state index in [0.717, 1.165) is 221 Å². The summed E-state index contributed by atoms with van der Waals surface area (Å²) < 4.78 is 64.9. The largest absolute Gasteiger partial charge is 0.481 e. The van der Waals surface area contributed by atoms with E-state index in [2.05, 4.69) is 242 Å². The van der Waals surface area contributed by atoms with Gasteiger partial charge in [0.05, 0.1) is 64.0 Å². The second-order valence-electron chi connectivity index (χ2n) is 35.3. The number of H-pyrrole nitrogens is 3. The predicted molar refractivity (Wildman–Crippen MR) is 595 cm³/mol. The smallest absolute Gasteiger partial charge is 0.298 e. The second-order valence-corrected chi connectivity index (χ2v) is 42.9. The molecule has 760 valence electrons. The fraction of sp³-hybridized carbons (Fsp3) is 0.375. The van der Waals surface area contributed by atoms with Gasteiger partial charge in [-0.3, -0.25) is 19.2 Å². The first kappa shape index (κ1) is 113. The number of aromatic amines is 3. The lowest BCUT2D eigenvalue weighted by Gasteiger charge is -2.16. The molecule has 1 fully saturated rings. The van der Waals surface area contributed by atoms with Crippen molar-refractivity contribution in [1.29, 1.82) is 10.5 Å². The molecular formula is C112H122Br3N11O13S6. The van der Waals surface area contributed by atoms with E-state index in [4.69, 9.17) is 50.3 Å². The van der Waals surface area contributed by atoms with E-state index in [-0.39, 0.29) is 33.8 Å². The molecule has 4 aromatic carbocycles. The Kier molecular flexibility index (Phi) is 43.0. The van der Waals surface area contributed by atoms with E-state index in [1.807, 2.05) is 30.5 Å². The minimum Gasteiger partial charge on any atom is -0.481 e. The Balaban J connectivity index is 0.000000148. The number of thioether (sulfide) groups is 3. The van der Waals surface area contributed by atoms with Crippen molar-refractivity contribution in [3.63, 3.8) is 0 Å². The van der Waals surface area contributed by atoms with Crippen molar-refractivity contribution in [2.24, 2.45) is 0 Å². The van der Waals surface area contributed by atoms with Crippen molar-refractivity contribution in [2.75, 3.05) is 67.1 Å². The van der Waals surface area contributed by atoms with Crippen LogP contribution in [0.2, 0.25) is 0 Å². The van der Waals surface area contributed by atoms with Crippen LogP contribution in [0.5, 0.6) is 41.2 Å². The SMILES string of the molecule is C=Cc1c(OC)nc(OCc2cccc(-c3ccccc3)c2C)c2c1CCC2.COc1cc2c(c(SC)n1)CCC2.COc1nc(OCc2cccc(-c3ccccc3)c2C)c2c(c1Br)CCC2.COc1nc(S(C)(=O)=O)c2c(c1Br)CCC2.COc1nc(SC)c2c(c1Br)CCC2.CSc1[nH]c(=O)cc2c1CCC2.N#Cc1c2c(c(S)[nH]c1=O)CCC2.O=C1CCCC1.O=c1cc2c(c(S)[nH]1)CCC2.[C-]#[N+]CC#N. The number of fused-ring (bicyclic) bond motifs is 8. The molecular weight excluding hydrogens is 2140 g/mol. The Morgan fingerprint density at radius 1 is 0.448 bits per heavy atom. The zero-order chi connectivity index (χ0) is 104. The Labute approximate surface area is 898 Å². The number of nitrogens with one attached hydrogen (secondary N) is 3. The lowest BCUT2D eigenvalue weighted by atomic mass is 9.97. The molecule has 0 radical (unpaired) electrons. The van der Waals surface area contributed by atoms with Crippen LogP contribution in [0.3, 0.4) is 0 Å². The van der Waals surface area contributed by atoms with Crippen molar-refractivity contribution in [3.05, 3.63) is 300 Å². The van der Waals surface area contributed by atoms with Crippen LogP contribution in [-0.2, 0) is 131 Å². The maximum absolute atomic E-state index is 11.6. The van der Waals surface area contributed by atoms with Crippen LogP contribution in [0.4, 0.5) is 0 Å². The number of sulfone groups is 1. The van der Waals surface area contributed by atoms with Crippen molar-refractivity contribution < 1.29 is 46.4 Å². The third kappa shape index (κ3) is 28.7. The van der Waals surface area contributed by atoms with E-state index in [9.17, 15) is 27.6 Å². The molecule has 145 heavy (non-hydrogen) atoms. The Morgan fingerprint density at radius 2 is 0.869 bits per heavy atom.